The largest absolute Gasteiger partial charge is 0.368 e. The zero-order valence-corrected chi connectivity index (χ0v) is 11.8. The molecule has 1 aliphatic heterocycles. The minimum absolute atomic E-state index is 0.0820. The Hall–Kier alpha value is -1.42. The predicted octanol–water partition coefficient (Wildman–Crippen LogP) is 2.56. The number of hydrogen-bond acceptors (Lipinski definition) is 3. The van der Waals surface area contributed by atoms with E-state index in [-0.39, 0.29) is 11.6 Å². The second kappa shape index (κ2) is 5.70. The zero-order valence-electron chi connectivity index (χ0n) is 11.8. The lowest BCUT2D eigenvalue weighted by molar-refractivity contribution is 0.101. The number of anilines is 1. The first-order valence-corrected chi connectivity index (χ1v) is 6.78. The lowest BCUT2D eigenvalue weighted by Gasteiger charge is -2.40. The first kappa shape index (κ1) is 14.0. The lowest BCUT2D eigenvalue weighted by Crippen LogP contribution is -2.51. The van der Waals surface area contributed by atoms with Crippen molar-refractivity contribution in [1.82, 2.24) is 4.90 Å². The van der Waals surface area contributed by atoms with E-state index in [1.54, 1.807) is 6.07 Å². The highest BCUT2D eigenvalue weighted by Gasteiger charge is 2.25. The lowest BCUT2D eigenvalue weighted by atomic mass is 10.0. The van der Waals surface area contributed by atoms with Gasteiger partial charge in [0, 0.05) is 36.9 Å². The van der Waals surface area contributed by atoms with Gasteiger partial charge in [0.2, 0.25) is 0 Å². The summed E-state index contributed by atoms with van der Waals surface area (Å²) in [6, 6.07) is 4.99. The minimum atomic E-state index is -0.352. The Balaban J connectivity index is 2.29. The number of Topliss-reactive ketones (excluding diaryl/α,β-unsaturated/α-hetero) is 1. The monoisotopic (exact) mass is 264 g/mol. The van der Waals surface area contributed by atoms with Gasteiger partial charge in [0.05, 0.1) is 0 Å². The van der Waals surface area contributed by atoms with Crippen molar-refractivity contribution in [2.24, 2.45) is 0 Å². The van der Waals surface area contributed by atoms with E-state index >= 15 is 0 Å². The number of likely N-dealkylation sites (N-methyl/N-ethyl adjacent to an activating group) is 1. The Morgan fingerprint density at radius 2 is 2.16 bits per heavy atom. The molecule has 1 unspecified atom stereocenters. The zero-order chi connectivity index (χ0) is 14.0. The fourth-order valence-corrected chi connectivity index (χ4v) is 2.67. The number of hydrogen-bond donors (Lipinski definition) is 0. The van der Waals surface area contributed by atoms with E-state index in [2.05, 4.69) is 23.8 Å². The van der Waals surface area contributed by atoms with Crippen LogP contribution in [0.1, 0.15) is 30.6 Å². The first-order chi connectivity index (χ1) is 9.02. The van der Waals surface area contributed by atoms with Gasteiger partial charge in [-0.15, -0.1) is 0 Å². The number of rotatable bonds is 3. The standard InChI is InChI=1S/C15H21FN2O/c1-4-13-10-18(8-7-17(13)3)15-6-5-12(16)9-14(15)11(2)19/h5-6,9,13H,4,7-8,10H2,1-3H3. The molecule has 1 aromatic rings. The van der Waals surface area contributed by atoms with Gasteiger partial charge in [0.25, 0.3) is 0 Å². The average Bonchev–Trinajstić information content (AvgIpc) is 2.39. The highest BCUT2D eigenvalue weighted by atomic mass is 19.1. The molecule has 0 amide bonds. The Kier molecular flexibility index (Phi) is 4.20. The van der Waals surface area contributed by atoms with Crippen LogP contribution in [0.2, 0.25) is 0 Å². The summed E-state index contributed by atoms with van der Waals surface area (Å²) in [7, 11) is 2.13. The number of ketones is 1. The van der Waals surface area contributed by atoms with Crippen LogP contribution in [-0.4, -0.2) is 43.4 Å². The van der Waals surface area contributed by atoms with Gasteiger partial charge in [0.15, 0.2) is 5.78 Å². The second-order valence-electron chi connectivity index (χ2n) is 5.21. The quantitative estimate of drug-likeness (QED) is 0.784. The van der Waals surface area contributed by atoms with E-state index in [1.165, 1.54) is 19.1 Å². The van der Waals surface area contributed by atoms with Crippen LogP contribution in [0.25, 0.3) is 0 Å². The van der Waals surface area contributed by atoms with Crippen LogP contribution in [0.3, 0.4) is 0 Å². The molecule has 0 aromatic heterocycles. The van der Waals surface area contributed by atoms with E-state index in [0.29, 0.717) is 11.6 Å². The molecule has 2 rings (SSSR count). The van der Waals surface area contributed by atoms with Gasteiger partial charge in [-0.3, -0.25) is 9.69 Å². The fraction of sp³-hybridized carbons (Fsp3) is 0.533. The van der Waals surface area contributed by atoms with Gasteiger partial charge in [-0.2, -0.15) is 0 Å². The first-order valence-electron chi connectivity index (χ1n) is 6.78. The van der Waals surface area contributed by atoms with Gasteiger partial charge in [-0.05, 0) is 38.6 Å². The molecular formula is C15H21FN2O. The Morgan fingerprint density at radius 3 is 2.79 bits per heavy atom. The van der Waals surface area contributed by atoms with E-state index in [0.717, 1.165) is 31.7 Å². The highest BCUT2D eigenvalue weighted by Crippen LogP contribution is 2.25. The van der Waals surface area contributed by atoms with Crippen LogP contribution in [0, 0.1) is 5.82 Å². The molecule has 0 aliphatic carbocycles. The van der Waals surface area contributed by atoms with Gasteiger partial charge in [0.1, 0.15) is 5.82 Å². The van der Waals surface area contributed by atoms with E-state index in [4.69, 9.17) is 0 Å². The molecule has 3 nitrogen and oxygen atoms in total. The molecule has 0 spiro atoms. The van der Waals surface area contributed by atoms with Crippen molar-refractivity contribution in [3.8, 4) is 0 Å². The van der Waals surface area contributed by atoms with E-state index in [9.17, 15) is 9.18 Å². The highest BCUT2D eigenvalue weighted by molar-refractivity contribution is 5.99. The predicted molar refractivity (Wildman–Crippen MR) is 75.3 cm³/mol. The molecule has 1 atom stereocenters. The summed E-state index contributed by atoms with van der Waals surface area (Å²) in [6.07, 6.45) is 1.07. The maximum absolute atomic E-state index is 13.3. The van der Waals surface area contributed by atoms with Crippen molar-refractivity contribution in [1.29, 1.82) is 0 Å². The summed E-state index contributed by atoms with van der Waals surface area (Å²) >= 11 is 0. The molecule has 0 radical (unpaired) electrons. The Morgan fingerprint density at radius 1 is 1.42 bits per heavy atom. The molecule has 4 heteroatoms. The molecule has 104 valence electrons. The second-order valence-corrected chi connectivity index (χ2v) is 5.21. The van der Waals surface area contributed by atoms with Crippen molar-refractivity contribution < 1.29 is 9.18 Å². The number of benzene rings is 1. The van der Waals surface area contributed by atoms with Crippen LogP contribution in [-0.2, 0) is 0 Å². The molecule has 19 heavy (non-hydrogen) atoms. The third kappa shape index (κ3) is 2.95. The smallest absolute Gasteiger partial charge is 0.161 e. The van der Waals surface area contributed by atoms with Crippen LogP contribution >= 0.6 is 0 Å². The SMILES string of the molecule is CCC1CN(c2ccc(F)cc2C(C)=O)CCN1C. The van der Waals surface area contributed by atoms with Gasteiger partial charge < -0.3 is 4.90 Å². The molecule has 1 fully saturated rings. The molecule has 1 aliphatic rings. The maximum Gasteiger partial charge on any atom is 0.161 e. The molecule has 0 saturated carbocycles. The molecule has 1 aromatic carbocycles. The number of carbonyl (C=O) groups is 1. The number of piperazine rings is 1. The van der Waals surface area contributed by atoms with Crippen molar-refractivity contribution in [3.05, 3.63) is 29.6 Å². The van der Waals surface area contributed by atoms with Crippen molar-refractivity contribution in [2.45, 2.75) is 26.3 Å². The fourth-order valence-electron chi connectivity index (χ4n) is 2.67. The van der Waals surface area contributed by atoms with Crippen LogP contribution < -0.4 is 4.90 Å². The summed E-state index contributed by atoms with van der Waals surface area (Å²) in [5.41, 5.74) is 1.35. The number of halogens is 1. The summed E-state index contributed by atoms with van der Waals surface area (Å²) in [6.45, 7) is 6.39. The van der Waals surface area contributed by atoms with Crippen molar-refractivity contribution in [2.75, 3.05) is 31.6 Å². The Bertz CT molecular complexity index is 475. The van der Waals surface area contributed by atoms with Gasteiger partial charge >= 0.3 is 0 Å². The Labute approximate surface area is 114 Å². The topological polar surface area (TPSA) is 23.6 Å². The van der Waals surface area contributed by atoms with Crippen LogP contribution in [0.15, 0.2) is 18.2 Å². The molecular weight excluding hydrogens is 243 g/mol. The summed E-state index contributed by atoms with van der Waals surface area (Å²) in [5, 5.41) is 0. The van der Waals surface area contributed by atoms with Crippen LogP contribution in [0.4, 0.5) is 10.1 Å². The number of carbonyl (C=O) groups excluding carboxylic acids is 1. The van der Waals surface area contributed by atoms with Crippen LogP contribution in [0.5, 0.6) is 0 Å². The third-order valence-electron chi connectivity index (χ3n) is 3.93. The average molecular weight is 264 g/mol. The molecule has 1 heterocycles. The van der Waals surface area contributed by atoms with Crippen molar-refractivity contribution in [3.63, 3.8) is 0 Å². The van der Waals surface area contributed by atoms with Gasteiger partial charge in [-0.1, -0.05) is 6.92 Å². The maximum atomic E-state index is 13.3. The molecule has 0 bridgehead atoms. The van der Waals surface area contributed by atoms with E-state index < -0.39 is 0 Å². The number of nitrogens with zero attached hydrogens (tertiary/aromatic N) is 2. The van der Waals surface area contributed by atoms with Crippen molar-refractivity contribution >= 4 is 11.5 Å². The molecule has 0 N–H and O–H groups in total. The summed E-state index contributed by atoms with van der Waals surface area (Å²) in [4.78, 5) is 16.2. The van der Waals surface area contributed by atoms with E-state index in [1.807, 2.05) is 0 Å². The summed E-state index contributed by atoms with van der Waals surface area (Å²) < 4.78 is 13.3. The van der Waals surface area contributed by atoms with Gasteiger partial charge in [-0.25, -0.2) is 4.39 Å². The summed E-state index contributed by atoms with van der Waals surface area (Å²) in [5.74, 6) is -0.434. The normalized spacial score (nSPS) is 20.6. The molecule has 1 saturated heterocycles. The third-order valence-corrected chi connectivity index (χ3v) is 3.93. The minimum Gasteiger partial charge on any atom is -0.368 e.